The summed E-state index contributed by atoms with van der Waals surface area (Å²) in [4.78, 5) is 17.8. The van der Waals surface area contributed by atoms with Gasteiger partial charge in [0.25, 0.3) is 0 Å². The van der Waals surface area contributed by atoms with E-state index in [1.807, 2.05) is 71.4 Å². The standard InChI is InChI=1S/C25H17NO2S2/c27-24(21-11-5-15-29-21)25(22-12-6-16-30-22)18-8-2-4-10-20(18)26-19-9-3-1-7-17(19)13-14-23(26)28-25/h1-16,23H. The number of Topliss-reactive ketones (excluding diaryl/α,β-unsaturated/α-hetero) is 1. The van der Waals surface area contributed by atoms with Gasteiger partial charge in [0.15, 0.2) is 11.8 Å². The van der Waals surface area contributed by atoms with E-state index in [-0.39, 0.29) is 12.0 Å². The maximum absolute atomic E-state index is 14.0. The number of hydrogen-bond donors (Lipinski definition) is 0. The number of carbonyl (C=O) groups is 1. The second-order valence-corrected chi connectivity index (χ2v) is 9.17. The fourth-order valence-corrected chi connectivity index (χ4v) is 5.97. The Morgan fingerprint density at radius 2 is 1.63 bits per heavy atom. The molecule has 2 aromatic carbocycles. The fourth-order valence-electron chi connectivity index (χ4n) is 4.38. The van der Waals surface area contributed by atoms with Crippen LogP contribution < -0.4 is 4.90 Å². The molecule has 5 heteroatoms. The van der Waals surface area contributed by atoms with E-state index in [0.717, 1.165) is 27.4 Å². The number of ketones is 1. The first-order chi connectivity index (χ1) is 14.8. The number of ether oxygens (including phenoxy) is 1. The van der Waals surface area contributed by atoms with E-state index in [1.54, 1.807) is 11.3 Å². The van der Waals surface area contributed by atoms with Gasteiger partial charge in [0.05, 0.1) is 16.3 Å². The average molecular weight is 428 g/mol. The maximum atomic E-state index is 14.0. The van der Waals surface area contributed by atoms with Crippen LogP contribution in [-0.2, 0) is 10.3 Å². The third-order valence-electron chi connectivity index (χ3n) is 5.66. The van der Waals surface area contributed by atoms with E-state index in [4.69, 9.17) is 4.74 Å². The minimum atomic E-state index is -1.17. The van der Waals surface area contributed by atoms with Gasteiger partial charge in [-0.25, -0.2) is 0 Å². The molecule has 0 spiro atoms. The van der Waals surface area contributed by atoms with Crippen LogP contribution >= 0.6 is 22.7 Å². The van der Waals surface area contributed by atoms with Gasteiger partial charge in [-0.2, -0.15) is 0 Å². The van der Waals surface area contributed by atoms with Gasteiger partial charge < -0.3 is 9.64 Å². The van der Waals surface area contributed by atoms with Crippen molar-refractivity contribution in [3.8, 4) is 0 Å². The minimum absolute atomic E-state index is 0.0145. The summed E-state index contributed by atoms with van der Waals surface area (Å²) in [6, 6.07) is 24.2. The summed E-state index contributed by atoms with van der Waals surface area (Å²) < 4.78 is 6.80. The highest BCUT2D eigenvalue weighted by atomic mass is 32.1. The lowest BCUT2D eigenvalue weighted by molar-refractivity contribution is -0.0360. The summed E-state index contributed by atoms with van der Waals surface area (Å²) in [7, 11) is 0. The van der Waals surface area contributed by atoms with Crippen molar-refractivity contribution in [1.29, 1.82) is 0 Å². The van der Waals surface area contributed by atoms with E-state index < -0.39 is 5.60 Å². The van der Waals surface area contributed by atoms with Crippen LogP contribution in [0.15, 0.2) is 89.6 Å². The lowest BCUT2D eigenvalue weighted by Crippen LogP contribution is -2.51. The van der Waals surface area contributed by atoms with Gasteiger partial charge in [0.2, 0.25) is 5.78 Å². The van der Waals surface area contributed by atoms with E-state index >= 15 is 0 Å². The molecule has 0 fully saturated rings. The van der Waals surface area contributed by atoms with Crippen LogP contribution in [0.2, 0.25) is 0 Å². The summed E-state index contributed by atoms with van der Waals surface area (Å²) in [5.41, 5.74) is 2.94. The van der Waals surface area contributed by atoms with Gasteiger partial charge in [0, 0.05) is 10.4 Å². The molecule has 0 N–H and O–H groups in total. The molecular weight excluding hydrogens is 410 g/mol. The SMILES string of the molecule is O=C(c1cccs1)C1(c2cccs2)OC2C=Cc3ccccc3N2c2ccccc21. The second-order valence-electron chi connectivity index (χ2n) is 7.28. The van der Waals surface area contributed by atoms with Crippen molar-refractivity contribution in [2.45, 2.75) is 11.8 Å². The number of nitrogens with zero attached hydrogens (tertiary/aromatic N) is 1. The average Bonchev–Trinajstić information content (AvgIpc) is 3.52. The molecule has 4 aromatic rings. The molecule has 146 valence electrons. The number of hydrogen-bond acceptors (Lipinski definition) is 5. The molecule has 2 aromatic heterocycles. The molecule has 2 unspecified atom stereocenters. The fraction of sp³-hybridized carbons (Fsp3) is 0.0800. The first kappa shape index (κ1) is 17.8. The Hall–Kier alpha value is -2.99. The topological polar surface area (TPSA) is 29.5 Å². The molecule has 0 saturated carbocycles. The van der Waals surface area contributed by atoms with Crippen molar-refractivity contribution >= 4 is 45.9 Å². The first-order valence-electron chi connectivity index (χ1n) is 9.75. The largest absolute Gasteiger partial charge is 0.329 e. The van der Waals surface area contributed by atoms with Crippen LogP contribution in [0, 0.1) is 0 Å². The van der Waals surface area contributed by atoms with Crippen molar-refractivity contribution in [2.75, 3.05) is 4.90 Å². The van der Waals surface area contributed by atoms with Gasteiger partial charge in [-0.3, -0.25) is 4.79 Å². The number of thiophene rings is 2. The maximum Gasteiger partial charge on any atom is 0.214 e. The Labute approximate surface area is 182 Å². The van der Waals surface area contributed by atoms with E-state index in [9.17, 15) is 4.79 Å². The zero-order valence-corrected chi connectivity index (χ0v) is 17.5. The predicted octanol–water partition coefficient (Wildman–Crippen LogP) is 6.46. The van der Waals surface area contributed by atoms with Crippen molar-refractivity contribution in [3.05, 3.63) is 111 Å². The summed E-state index contributed by atoms with van der Waals surface area (Å²) >= 11 is 3.02. The summed E-state index contributed by atoms with van der Waals surface area (Å²) in [5, 5.41) is 3.94. The Morgan fingerprint density at radius 3 is 2.43 bits per heavy atom. The third-order valence-corrected chi connectivity index (χ3v) is 7.50. The molecule has 2 atom stereocenters. The Morgan fingerprint density at radius 1 is 0.867 bits per heavy atom. The number of benzene rings is 2. The van der Waals surface area contributed by atoms with E-state index in [0.29, 0.717) is 4.88 Å². The van der Waals surface area contributed by atoms with Crippen molar-refractivity contribution in [3.63, 3.8) is 0 Å². The highest BCUT2D eigenvalue weighted by molar-refractivity contribution is 7.12. The number of carbonyl (C=O) groups excluding carboxylic acids is 1. The molecule has 30 heavy (non-hydrogen) atoms. The number of para-hydroxylation sites is 2. The lowest BCUT2D eigenvalue weighted by Gasteiger charge is -2.48. The third kappa shape index (κ3) is 2.43. The highest BCUT2D eigenvalue weighted by Gasteiger charge is 2.52. The Kier molecular flexibility index (Phi) is 4.03. The summed E-state index contributed by atoms with van der Waals surface area (Å²) in [5.74, 6) is -0.0145. The summed E-state index contributed by atoms with van der Waals surface area (Å²) in [6.45, 7) is 0. The predicted molar refractivity (Wildman–Crippen MR) is 123 cm³/mol. The molecular formula is C25H17NO2S2. The first-order valence-corrected chi connectivity index (χ1v) is 11.5. The molecule has 0 radical (unpaired) electrons. The smallest absolute Gasteiger partial charge is 0.214 e. The second kappa shape index (κ2) is 6.77. The van der Waals surface area contributed by atoms with Gasteiger partial charge >= 0.3 is 0 Å². The molecule has 0 saturated heterocycles. The minimum Gasteiger partial charge on any atom is -0.329 e. The molecule has 2 aliphatic rings. The zero-order valence-electron chi connectivity index (χ0n) is 15.9. The van der Waals surface area contributed by atoms with Gasteiger partial charge in [0.1, 0.15) is 0 Å². The molecule has 3 nitrogen and oxygen atoms in total. The quantitative estimate of drug-likeness (QED) is 0.352. The van der Waals surface area contributed by atoms with E-state index in [2.05, 4.69) is 29.2 Å². The van der Waals surface area contributed by atoms with Crippen LogP contribution in [-0.4, -0.2) is 12.0 Å². The highest BCUT2D eigenvalue weighted by Crippen LogP contribution is 2.52. The normalized spacial score (nSPS) is 21.6. The van der Waals surface area contributed by atoms with Crippen LogP contribution in [0.3, 0.4) is 0 Å². The van der Waals surface area contributed by atoms with Gasteiger partial charge in [-0.15, -0.1) is 22.7 Å². The number of anilines is 2. The monoisotopic (exact) mass is 427 g/mol. The molecule has 0 bridgehead atoms. The van der Waals surface area contributed by atoms with Gasteiger partial charge in [-0.05, 0) is 46.7 Å². The van der Waals surface area contributed by atoms with Crippen LogP contribution in [0.5, 0.6) is 0 Å². The Bertz CT molecular complexity index is 1260. The molecule has 0 aliphatic carbocycles. The molecule has 6 rings (SSSR count). The van der Waals surface area contributed by atoms with E-state index in [1.165, 1.54) is 11.3 Å². The van der Waals surface area contributed by atoms with Crippen molar-refractivity contribution in [1.82, 2.24) is 0 Å². The van der Waals surface area contributed by atoms with Crippen LogP contribution in [0.1, 0.15) is 25.7 Å². The number of fused-ring (bicyclic) bond motifs is 5. The van der Waals surface area contributed by atoms with Gasteiger partial charge in [-0.1, -0.05) is 54.6 Å². The summed E-state index contributed by atoms with van der Waals surface area (Å²) in [6.07, 6.45) is 3.75. The van der Waals surface area contributed by atoms with Crippen molar-refractivity contribution < 1.29 is 9.53 Å². The molecule has 4 heterocycles. The molecule has 0 amide bonds. The molecule has 2 aliphatic heterocycles. The van der Waals surface area contributed by atoms with Crippen LogP contribution in [0.4, 0.5) is 11.4 Å². The Balaban J connectivity index is 1.64. The lowest BCUT2D eigenvalue weighted by atomic mass is 9.83. The van der Waals surface area contributed by atoms with Crippen molar-refractivity contribution in [2.24, 2.45) is 0 Å². The number of rotatable bonds is 3. The van der Waals surface area contributed by atoms with Crippen LogP contribution in [0.25, 0.3) is 6.08 Å². The zero-order chi connectivity index (χ0) is 20.1.